The summed E-state index contributed by atoms with van der Waals surface area (Å²) < 4.78 is 6.60. The van der Waals surface area contributed by atoms with Gasteiger partial charge in [0, 0.05) is 32.1 Å². The van der Waals surface area contributed by atoms with Gasteiger partial charge in [0.25, 0.3) is 0 Å². The van der Waals surface area contributed by atoms with Gasteiger partial charge in [-0.3, -0.25) is 9.69 Å². The van der Waals surface area contributed by atoms with Crippen molar-refractivity contribution in [2.75, 3.05) is 26.2 Å². The van der Waals surface area contributed by atoms with Crippen LogP contribution in [-0.4, -0.2) is 59.6 Å². The first-order valence-electron chi connectivity index (χ1n) is 10.9. The zero-order valence-corrected chi connectivity index (χ0v) is 16.5. The summed E-state index contributed by atoms with van der Waals surface area (Å²) in [7, 11) is 0. The predicted molar refractivity (Wildman–Crippen MR) is 102 cm³/mol. The first-order chi connectivity index (χ1) is 12.2. The van der Waals surface area contributed by atoms with E-state index in [2.05, 4.69) is 18.7 Å². The molecule has 2 saturated heterocycles. The maximum atomic E-state index is 12.3. The summed E-state index contributed by atoms with van der Waals surface area (Å²) in [6.45, 7) is 8.16. The number of carbonyl (C=O) groups excluding carboxylic acids is 1. The summed E-state index contributed by atoms with van der Waals surface area (Å²) in [5.74, 6) is 0.294. The third-order valence-corrected chi connectivity index (χ3v) is 6.79. The number of piperidine rings is 1. The molecule has 1 aliphatic carbocycles. The Kier molecular flexibility index (Phi) is 6.79. The number of rotatable bonds is 6. The van der Waals surface area contributed by atoms with Gasteiger partial charge in [-0.1, -0.05) is 19.3 Å². The normalized spacial score (nSPS) is 31.5. The summed E-state index contributed by atoms with van der Waals surface area (Å²) in [4.78, 5) is 16.9. The van der Waals surface area contributed by atoms with E-state index in [0.29, 0.717) is 18.4 Å². The van der Waals surface area contributed by atoms with E-state index in [1.165, 1.54) is 57.9 Å². The molecule has 0 aromatic carbocycles. The van der Waals surface area contributed by atoms with Gasteiger partial charge in [0.15, 0.2) is 0 Å². The molecule has 3 aliphatic rings. The smallest absolute Gasteiger partial charge is 0.222 e. The van der Waals surface area contributed by atoms with E-state index in [1.54, 1.807) is 0 Å². The third kappa shape index (κ3) is 4.77. The van der Waals surface area contributed by atoms with Crippen LogP contribution in [0.1, 0.15) is 84.5 Å². The average Bonchev–Trinajstić information content (AvgIpc) is 3.04. The van der Waals surface area contributed by atoms with E-state index in [9.17, 15) is 4.79 Å². The molecule has 2 atom stereocenters. The Hall–Kier alpha value is -0.610. The average molecular weight is 351 g/mol. The maximum absolute atomic E-state index is 12.3. The zero-order valence-electron chi connectivity index (χ0n) is 16.5. The molecule has 4 heteroatoms. The lowest BCUT2D eigenvalue weighted by molar-refractivity contribution is -0.132. The fourth-order valence-corrected chi connectivity index (χ4v) is 5.31. The highest BCUT2D eigenvalue weighted by atomic mass is 16.5. The van der Waals surface area contributed by atoms with Gasteiger partial charge >= 0.3 is 0 Å². The summed E-state index contributed by atoms with van der Waals surface area (Å²) in [6.07, 6.45) is 13.7. The molecule has 1 spiro atoms. The van der Waals surface area contributed by atoms with Gasteiger partial charge in [-0.05, 0) is 65.3 Å². The van der Waals surface area contributed by atoms with Crippen LogP contribution in [0.5, 0.6) is 0 Å². The van der Waals surface area contributed by atoms with Gasteiger partial charge in [0.05, 0.1) is 11.7 Å². The topological polar surface area (TPSA) is 32.8 Å². The van der Waals surface area contributed by atoms with Gasteiger partial charge in [0.1, 0.15) is 0 Å². The molecule has 2 heterocycles. The molecule has 0 bridgehead atoms. The van der Waals surface area contributed by atoms with Crippen LogP contribution in [0.25, 0.3) is 0 Å². The largest absolute Gasteiger partial charge is 0.370 e. The minimum atomic E-state index is 0.0958. The van der Waals surface area contributed by atoms with Crippen LogP contribution in [-0.2, 0) is 9.53 Å². The van der Waals surface area contributed by atoms with E-state index in [1.807, 2.05) is 4.90 Å². The molecule has 0 aromatic heterocycles. The Morgan fingerprint density at radius 1 is 1.08 bits per heavy atom. The van der Waals surface area contributed by atoms with Crippen molar-refractivity contribution in [2.45, 2.75) is 102 Å². The summed E-state index contributed by atoms with van der Waals surface area (Å²) in [6, 6.07) is 0.804. The van der Waals surface area contributed by atoms with Crippen molar-refractivity contribution in [1.29, 1.82) is 0 Å². The maximum Gasteiger partial charge on any atom is 0.222 e. The van der Waals surface area contributed by atoms with Gasteiger partial charge in [-0.25, -0.2) is 0 Å². The number of hydrogen-bond donors (Lipinski definition) is 0. The molecule has 4 nitrogen and oxygen atoms in total. The lowest BCUT2D eigenvalue weighted by Gasteiger charge is -2.44. The second-order valence-electron chi connectivity index (χ2n) is 8.43. The fourth-order valence-electron chi connectivity index (χ4n) is 5.31. The lowest BCUT2D eigenvalue weighted by atomic mass is 9.86. The molecule has 1 amide bonds. The standard InChI is InChI=1S/C21H38N2O2/c1-3-22(4-2)20(24)12-11-19-13-15-21(25-19)14-8-16-23(17-21)18-9-6-5-7-10-18/h18-19H,3-17H2,1-2H3/t19-,21-/m0/s1. The molecule has 1 saturated carbocycles. The Morgan fingerprint density at radius 2 is 1.84 bits per heavy atom. The highest BCUT2D eigenvalue weighted by Gasteiger charge is 2.44. The van der Waals surface area contributed by atoms with Gasteiger partial charge in [0.2, 0.25) is 5.91 Å². The van der Waals surface area contributed by atoms with Crippen LogP contribution >= 0.6 is 0 Å². The highest BCUT2D eigenvalue weighted by Crippen LogP contribution is 2.40. The molecule has 0 unspecified atom stereocenters. The van der Waals surface area contributed by atoms with Gasteiger partial charge < -0.3 is 9.64 Å². The lowest BCUT2D eigenvalue weighted by Crippen LogP contribution is -2.52. The Balaban J connectivity index is 1.48. The minimum absolute atomic E-state index is 0.0958. The molecule has 0 N–H and O–H groups in total. The second-order valence-corrected chi connectivity index (χ2v) is 8.43. The van der Waals surface area contributed by atoms with Crippen molar-refractivity contribution in [3.8, 4) is 0 Å². The van der Waals surface area contributed by atoms with Crippen molar-refractivity contribution in [3.05, 3.63) is 0 Å². The van der Waals surface area contributed by atoms with Crippen LogP contribution in [0.15, 0.2) is 0 Å². The number of likely N-dealkylation sites (tertiary alicyclic amines) is 1. The molecule has 0 radical (unpaired) electrons. The zero-order chi connectivity index (χ0) is 17.7. The van der Waals surface area contributed by atoms with E-state index in [-0.39, 0.29) is 5.60 Å². The second kappa shape index (κ2) is 8.85. The molecular formula is C21H38N2O2. The monoisotopic (exact) mass is 350 g/mol. The molecule has 25 heavy (non-hydrogen) atoms. The first kappa shape index (κ1) is 19.2. The van der Waals surface area contributed by atoms with E-state index in [4.69, 9.17) is 4.74 Å². The highest BCUT2D eigenvalue weighted by molar-refractivity contribution is 5.76. The SMILES string of the molecule is CCN(CC)C(=O)CC[C@H]1CC[C@]2(CCCN(C3CCCCC3)C2)O1. The summed E-state index contributed by atoms with van der Waals surface area (Å²) in [5.41, 5.74) is 0.0958. The van der Waals surface area contributed by atoms with Crippen molar-refractivity contribution in [1.82, 2.24) is 9.80 Å². The fraction of sp³-hybridized carbons (Fsp3) is 0.952. The summed E-state index contributed by atoms with van der Waals surface area (Å²) >= 11 is 0. The van der Waals surface area contributed by atoms with Crippen molar-refractivity contribution < 1.29 is 9.53 Å². The van der Waals surface area contributed by atoms with Crippen LogP contribution in [0.3, 0.4) is 0 Å². The molecular weight excluding hydrogens is 312 g/mol. The van der Waals surface area contributed by atoms with Crippen LogP contribution < -0.4 is 0 Å². The van der Waals surface area contributed by atoms with E-state index < -0.39 is 0 Å². The van der Waals surface area contributed by atoms with E-state index >= 15 is 0 Å². The number of hydrogen-bond acceptors (Lipinski definition) is 3. The van der Waals surface area contributed by atoms with Crippen LogP contribution in [0.4, 0.5) is 0 Å². The van der Waals surface area contributed by atoms with Crippen molar-refractivity contribution in [2.24, 2.45) is 0 Å². The van der Waals surface area contributed by atoms with Gasteiger partial charge in [-0.15, -0.1) is 0 Å². The quantitative estimate of drug-likeness (QED) is 0.726. The van der Waals surface area contributed by atoms with Crippen LogP contribution in [0, 0.1) is 0 Å². The molecule has 144 valence electrons. The molecule has 3 rings (SSSR count). The van der Waals surface area contributed by atoms with Gasteiger partial charge in [-0.2, -0.15) is 0 Å². The van der Waals surface area contributed by atoms with Crippen LogP contribution in [0.2, 0.25) is 0 Å². The Labute approximate surface area is 154 Å². The number of amides is 1. The Bertz CT molecular complexity index is 432. The van der Waals surface area contributed by atoms with E-state index in [0.717, 1.165) is 38.5 Å². The molecule has 0 aromatic rings. The summed E-state index contributed by atoms with van der Waals surface area (Å²) in [5, 5.41) is 0. The van der Waals surface area contributed by atoms with Crippen molar-refractivity contribution >= 4 is 5.91 Å². The third-order valence-electron chi connectivity index (χ3n) is 6.79. The Morgan fingerprint density at radius 3 is 2.56 bits per heavy atom. The number of ether oxygens (including phenoxy) is 1. The number of carbonyl (C=O) groups is 1. The predicted octanol–water partition coefficient (Wildman–Crippen LogP) is 3.98. The molecule has 2 aliphatic heterocycles. The minimum Gasteiger partial charge on any atom is -0.370 e. The number of nitrogens with zero attached hydrogens (tertiary/aromatic N) is 2. The first-order valence-corrected chi connectivity index (χ1v) is 10.9. The molecule has 3 fully saturated rings. The van der Waals surface area contributed by atoms with Crippen molar-refractivity contribution in [3.63, 3.8) is 0 Å².